The average Bonchev–Trinajstić information content (AvgIpc) is 3.25. The predicted molar refractivity (Wildman–Crippen MR) is 105 cm³/mol. The van der Waals surface area contributed by atoms with Gasteiger partial charge in [-0.15, -0.1) is 0 Å². The molecule has 152 valence electrons. The van der Waals surface area contributed by atoms with Crippen molar-refractivity contribution in [3.63, 3.8) is 0 Å². The minimum absolute atomic E-state index is 0.165. The Morgan fingerprint density at radius 1 is 1.21 bits per heavy atom. The zero-order valence-electron chi connectivity index (χ0n) is 17.5. The first-order valence-corrected chi connectivity index (χ1v) is 9.24. The van der Waals surface area contributed by atoms with Crippen LogP contribution in [0.3, 0.4) is 0 Å². The van der Waals surface area contributed by atoms with Gasteiger partial charge in [0.15, 0.2) is 11.5 Å². The number of rotatable bonds is 7. The highest BCUT2D eigenvalue weighted by molar-refractivity contribution is 6.07. The van der Waals surface area contributed by atoms with Gasteiger partial charge in [0.1, 0.15) is 5.69 Å². The molecule has 2 aromatic heterocycles. The van der Waals surface area contributed by atoms with Crippen LogP contribution in [0.5, 0.6) is 0 Å². The van der Waals surface area contributed by atoms with Gasteiger partial charge in [0.05, 0.1) is 19.4 Å². The Labute approximate surface area is 165 Å². The van der Waals surface area contributed by atoms with Crippen molar-refractivity contribution in [2.45, 2.75) is 40.7 Å². The molecule has 0 radical (unpaired) electrons. The zero-order valence-corrected chi connectivity index (χ0v) is 17.5. The van der Waals surface area contributed by atoms with Crippen molar-refractivity contribution < 1.29 is 23.5 Å². The van der Waals surface area contributed by atoms with Gasteiger partial charge in [-0.05, 0) is 44.4 Å². The molecule has 0 saturated carbocycles. The van der Waals surface area contributed by atoms with Crippen LogP contribution in [0.2, 0.25) is 0 Å². The van der Waals surface area contributed by atoms with Gasteiger partial charge < -0.3 is 18.6 Å². The van der Waals surface area contributed by atoms with Gasteiger partial charge >= 0.3 is 5.97 Å². The van der Waals surface area contributed by atoms with Crippen molar-refractivity contribution in [3.8, 4) is 0 Å². The van der Waals surface area contributed by atoms with Crippen LogP contribution in [0.1, 0.15) is 63.4 Å². The molecule has 0 aliphatic heterocycles. The number of aromatic nitrogens is 1. The fraction of sp³-hybridized carbons (Fsp3) is 0.476. The molecule has 0 saturated heterocycles. The highest BCUT2D eigenvalue weighted by Gasteiger charge is 2.33. The van der Waals surface area contributed by atoms with Crippen LogP contribution in [-0.2, 0) is 11.8 Å². The molecule has 2 heterocycles. The van der Waals surface area contributed by atoms with Gasteiger partial charge in [0, 0.05) is 24.8 Å². The molecule has 0 N–H and O–H groups in total. The number of hydrogen-bond acceptors (Lipinski definition) is 5. The maximum absolute atomic E-state index is 13.4. The number of carbonyl (C=O) groups excluding carboxylic acids is 3. The molecule has 7 heteroatoms. The maximum Gasteiger partial charge on any atom is 0.354 e. The van der Waals surface area contributed by atoms with Gasteiger partial charge in [0.25, 0.3) is 5.91 Å². The second-order valence-electron chi connectivity index (χ2n) is 7.35. The molecule has 0 aromatic carbocycles. The van der Waals surface area contributed by atoms with Crippen LogP contribution in [-0.4, -0.2) is 46.8 Å². The Morgan fingerprint density at radius 2 is 1.86 bits per heavy atom. The molecule has 0 aliphatic carbocycles. The van der Waals surface area contributed by atoms with Crippen molar-refractivity contribution >= 4 is 17.7 Å². The average molecular weight is 388 g/mol. The molecule has 0 bridgehead atoms. The number of methoxy groups -OCH3 is 1. The van der Waals surface area contributed by atoms with Crippen LogP contribution in [0.4, 0.5) is 0 Å². The van der Waals surface area contributed by atoms with E-state index >= 15 is 0 Å². The second kappa shape index (κ2) is 8.46. The molecular weight excluding hydrogens is 360 g/mol. The number of esters is 1. The van der Waals surface area contributed by atoms with Crippen molar-refractivity contribution in [1.82, 2.24) is 9.47 Å². The number of carbonyl (C=O) groups is 3. The highest BCUT2D eigenvalue weighted by Crippen LogP contribution is 2.25. The normalized spacial score (nSPS) is 12.1. The lowest BCUT2D eigenvalue weighted by molar-refractivity contribution is 0.0577. The van der Waals surface area contributed by atoms with E-state index in [1.165, 1.54) is 18.3 Å². The predicted octanol–water partition coefficient (Wildman–Crippen LogP) is 3.39. The van der Waals surface area contributed by atoms with Gasteiger partial charge in [-0.3, -0.25) is 9.59 Å². The Kier molecular flexibility index (Phi) is 6.48. The Balaban J connectivity index is 2.46. The van der Waals surface area contributed by atoms with E-state index in [0.717, 1.165) is 0 Å². The first-order chi connectivity index (χ1) is 13.1. The number of furan rings is 1. The molecule has 0 aliphatic rings. The lowest BCUT2D eigenvalue weighted by atomic mass is 9.99. The third-order valence-corrected chi connectivity index (χ3v) is 4.96. The topological polar surface area (TPSA) is 81.8 Å². The number of hydrogen-bond donors (Lipinski definition) is 0. The molecular formula is C21H28N2O5. The van der Waals surface area contributed by atoms with Crippen molar-refractivity contribution in [3.05, 3.63) is 46.7 Å². The van der Waals surface area contributed by atoms with Crippen LogP contribution < -0.4 is 0 Å². The van der Waals surface area contributed by atoms with E-state index in [9.17, 15) is 14.4 Å². The summed E-state index contributed by atoms with van der Waals surface area (Å²) in [5, 5.41) is 0. The maximum atomic E-state index is 13.4. The fourth-order valence-corrected chi connectivity index (χ4v) is 3.43. The van der Waals surface area contributed by atoms with E-state index in [-0.39, 0.29) is 23.4 Å². The third-order valence-electron chi connectivity index (χ3n) is 4.96. The van der Waals surface area contributed by atoms with Crippen LogP contribution >= 0.6 is 0 Å². The van der Waals surface area contributed by atoms with E-state index in [1.54, 1.807) is 44.5 Å². The summed E-state index contributed by atoms with van der Waals surface area (Å²) in [6.07, 6.45) is 1.43. The summed E-state index contributed by atoms with van der Waals surface area (Å²) in [7, 11) is 3.02. The number of ether oxygens (including phenoxy) is 1. The molecule has 1 unspecified atom stereocenters. The number of amides is 1. The summed E-state index contributed by atoms with van der Waals surface area (Å²) in [4.78, 5) is 39.9. The molecule has 28 heavy (non-hydrogen) atoms. The quantitative estimate of drug-likeness (QED) is 0.536. The zero-order chi connectivity index (χ0) is 21.2. The van der Waals surface area contributed by atoms with Gasteiger partial charge in [-0.25, -0.2) is 4.79 Å². The molecule has 7 nitrogen and oxygen atoms in total. The first-order valence-electron chi connectivity index (χ1n) is 9.24. The van der Waals surface area contributed by atoms with E-state index in [1.807, 2.05) is 13.8 Å². The van der Waals surface area contributed by atoms with E-state index in [4.69, 9.17) is 9.15 Å². The summed E-state index contributed by atoms with van der Waals surface area (Å²) in [5.41, 5.74) is 1.99. The summed E-state index contributed by atoms with van der Waals surface area (Å²) < 4.78 is 11.7. The number of ketones is 1. The van der Waals surface area contributed by atoms with Crippen molar-refractivity contribution in [2.75, 3.05) is 13.7 Å². The van der Waals surface area contributed by atoms with Gasteiger partial charge in [-0.2, -0.15) is 0 Å². The standard InChI is InChI=1S/C21H28N2O5/c1-12(2)11-23(20(25)16-9-8-10-28-16)15(5)19(24)17-13(3)18(21(26)27-7)22(6)14(17)4/h8-10,12,15H,11H2,1-7H3. The summed E-state index contributed by atoms with van der Waals surface area (Å²) in [5.74, 6) is -0.699. The minimum atomic E-state index is -0.717. The van der Waals surface area contributed by atoms with E-state index < -0.39 is 12.0 Å². The summed E-state index contributed by atoms with van der Waals surface area (Å²) in [6, 6.07) is 2.51. The fourth-order valence-electron chi connectivity index (χ4n) is 3.43. The van der Waals surface area contributed by atoms with Crippen molar-refractivity contribution in [1.29, 1.82) is 0 Å². The highest BCUT2D eigenvalue weighted by atomic mass is 16.5. The molecule has 0 spiro atoms. The molecule has 0 fully saturated rings. The lowest BCUT2D eigenvalue weighted by Gasteiger charge is -2.29. The van der Waals surface area contributed by atoms with E-state index in [2.05, 4.69) is 0 Å². The van der Waals surface area contributed by atoms with E-state index in [0.29, 0.717) is 29.1 Å². The van der Waals surface area contributed by atoms with Crippen LogP contribution in [0.15, 0.2) is 22.8 Å². The second-order valence-corrected chi connectivity index (χ2v) is 7.35. The Bertz CT molecular complexity index is 877. The number of Topliss-reactive ketones (excluding diaryl/α,β-unsaturated/α-hetero) is 1. The molecule has 2 aromatic rings. The smallest absolute Gasteiger partial charge is 0.354 e. The largest absolute Gasteiger partial charge is 0.464 e. The minimum Gasteiger partial charge on any atom is -0.464 e. The molecule has 1 atom stereocenters. The molecule has 1 amide bonds. The number of nitrogens with zero attached hydrogens (tertiary/aromatic N) is 2. The lowest BCUT2D eigenvalue weighted by Crippen LogP contribution is -2.45. The third kappa shape index (κ3) is 3.88. The molecule has 2 rings (SSSR count). The Morgan fingerprint density at radius 3 is 2.36 bits per heavy atom. The van der Waals surface area contributed by atoms with Crippen molar-refractivity contribution in [2.24, 2.45) is 13.0 Å². The summed E-state index contributed by atoms with van der Waals surface area (Å²) >= 11 is 0. The van der Waals surface area contributed by atoms with Gasteiger partial charge in [-0.1, -0.05) is 13.8 Å². The Hall–Kier alpha value is -2.83. The van der Waals surface area contributed by atoms with Crippen LogP contribution in [0.25, 0.3) is 0 Å². The van der Waals surface area contributed by atoms with Gasteiger partial charge in [0.2, 0.25) is 0 Å². The monoisotopic (exact) mass is 388 g/mol. The summed E-state index contributed by atoms with van der Waals surface area (Å²) in [6.45, 7) is 9.57. The first kappa shape index (κ1) is 21.5. The van der Waals surface area contributed by atoms with Crippen LogP contribution in [0, 0.1) is 19.8 Å². The SMILES string of the molecule is COC(=O)c1c(C)c(C(=O)C(C)N(CC(C)C)C(=O)c2ccco2)c(C)n1C.